The summed E-state index contributed by atoms with van der Waals surface area (Å²) in [6.07, 6.45) is 4.07. The van der Waals surface area contributed by atoms with Crippen molar-refractivity contribution >= 4 is 28.8 Å². The maximum absolute atomic E-state index is 12.9. The van der Waals surface area contributed by atoms with E-state index in [0.29, 0.717) is 28.0 Å². The summed E-state index contributed by atoms with van der Waals surface area (Å²) in [4.78, 5) is 36.5. The largest absolute Gasteiger partial charge is 0.508 e. The van der Waals surface area contributed by atoms with Crippen LogP contribution in [-0.4, -0.2) is 27.7 Å². The summed E-state index contributed by atoms with van der Waals surface area (Å²) >= 11 is 0. The highest BCUT2D eigenvalue weighted by Gasteiger charge is 2.32. The number of aromatic hydroxyl groups is 1. The Morgan fingerprint density at radius 2 is 1.67 bits per heavy atom. The van der Waals surface area contributed by atoms with Gasteiger partial charge in [-0.2, -0.15) is 0 Å². The van der Waals surface area contributed by atoms with Crippen molar-refractivity contribution < 1.29 is 24.6 Å². The van der Waals surface area contributed by atoms with Gasteiger partial charge in [-0.25, -0.2) is 4.79 Å². The molecule has 6 nitrogen and oxygen atoms in total. The van der Waals surface area contributed by atoms with Crippen molar-refractivity contribution in [1.82, 2.24) is 0 Å². The number of benzene rings is 2. The van der Waals surface area contributed by atoms with Gasteiger partial charge >= 0.3 is 5.97 Å². The molecular weight excluding hydrogens is 346 g/mol. The topological polar surface area (TPSA) is 118 Å². The van der Waals surface area contributed by atoms with Gasteiger partial charge < -0.3 is 15.9 Å². The molecule has 2 aromatic carbocycles. The number of carbonyl (C=O) groups excluding carboxylic acids is 2. The molecule has 0 aromatic heterocycles. The number of allylic oxidation sites excluding steroid dienone is 5. The lowest BCUT2D eigenvalue weighted by Crippen LogP contribution is -2.19. The quantitative estimate of drug-likeness (QED) is 0.710. The van der Waals surface area contributed by atoms with Gasteiger partial charge in [-0.3, -0.25) is 9.59 Å². The number of rotatable bonds is 2. The Hall–Kier alpha value is -3.93. The summed E-state index contributed by atoms with van der Waals surface area (Å²) in [6.45, 7) is 0. The summed E-state index contributed by atoms with van der Waals surface area (Å²) in [7, 11) is 0. The highest BCUT2D eigenvalue weighted by atomic mass is 16.4. The standard InChI is InChI=1S/C21H13NO5/c22-10-1-4-15(18(7-10)21(26)27)19-13-5-2-11(23)8-16(13)20(25)17-9-12(24)3-6-14(17)19/h1-9,23H,22H2,(H,26,27). The van der Waals surface area contributed by atoms with E-state index in [1.54, 1.807) is 18.2 Å². The van der Waals surface area contributed by atoms with Crippen LogP contribution < -0.4 is 5.73 Å². The molecule has 0 heterocycles. The number of carboxylic acid groups (broad SMARTS) is 1. The lowest BCUT2D eigenvalue weighted by Gasteiger charge is -2.26. The molecule has 0 amide bonds. The maximum atomic E-state index is 12.9. The third-order valence-electron chi connectivity index (χ3n) is 4.57. The maximum Gasteiger partial charge on any atom is 0.336 e. The molecule has 4 N–H and O–H groups in total. The van der Waals surface area contributed by atoms with E-state index in [1.165, 1.54) is 36.4 Å². The molecule has 2 aliphatic rings. The molecule has 0 unspecified atom stereocenters. The Kier molecular flexibility index (Phi) is 3.56. The van der Waals surface area contributed by atoms with Gasteiger partial charge in [0.2, 0.25) is 0 Å². The average molecular weight is 359 g/mol. The number of carboxylic acids is 1. The number of hydrogen-bond acceptors (Lipinski definition) is 5. The second-order valence-electron chi connectivity index (χ2n) is 6.25. The van der Waals surface area contributed by atoms with Gasteiger partial charge in [0.1, 0.15) is 5.75 Å². The zero-order valence-corrected chi connectivity index (χ0v) is 13.9. The van der Waals surface area contributed by atoms with Gasteiger partial charge in [0.05, 0.1) is 5.56 Å². The fourth-order valence-electron chi connectivity index (χ4n) is 3.40. The van der Waals surface area contributed by atoms with Crippen LogP contribution in [0.4, 0.5) is 5.69 Å². The Morgan fingerprint density at radius 1 is 0.926 bits per heavy atom. The van der Waals surface area contributed by atoms with Gasteiger partial charge in [-0.15, -0.1) is 0 Å². The van der Waals surface area contributed by atoms with Gasteiger partial charge in [-0.1, -0.05) is 6.07 Å². The number of carbonyl (C=O) groups is 3. The molecule has 27 heavy (non-hydrogen) atoms. The van der Waals surface area contributed by atoms with Crippen molar-refractivity contribution in [2.45, 2.75) is 0 Å². The van der Waals surface area contributed by atoms with E-state index >= 15 is 0 Å². The normalized spacial score (nSPS) is 15.3. The van der Waals surface area contributed by atoms with E-state index in [2.05, 4.69) is 0 Å². The minimum atomic E-state index is -1.16. The van der Waals surface area contributed by atoms with E-state index < -0.39 is 11.8 Å². The smallest absolute Gasteiger partial charge is 0.336 e. The Bertz CT molecular complexity index is 1150. The monoisotopic (exact) mass is 359 g/mol. The summed E-state index contributed by atoms with van der Waals surface area (Å²) < 4.78 is 0. The number of nitrogen functional groups attached to an aromatic ring is 1. The summed E-state index contributed by atoms with van der Waals surface area (Å²) in [6, 6.07) is 8.81. The van der Waals surface area contributed by atoms with Crippen LogP contribution in [-0.2, 0) is 4.79 Å². The Morgan fingerprint density at radius 3 is 2.41 bits per heavy atom. The van der Waals surface area contributed by atoms with Crippen LogP contribution in [0.2, 0.25) is 0 Å². The zero-order valence-electron chi connectivity index (χ0n) is 13.9. The van der Waals surface area contributed by atoms with Gasteiger partial charge in [-0.05, 0) is 70.8 Å². The summed E-state index contributed by atoms with van der Waals surface area (Å²) in [5, 5.41) is 19.4. The highest BCUT2D eigenvalue weighted by molar-refractivity contribution is 6.25. The number of Topliss-reactive ketones (excluding diaryl/α,β-unsaturated/α-hetero) is 1. The van der Waals surface area contributed by atoms with Crippen molar-refractivity contribution in [3.05, 3.63) is 88.0 Å². The lowest BCUT2D eigenvalue weighted by molar-refractivity contribution is -0.110. The second kappa shape index (κ2) is 5.81. The van der Waals surface area contributed by atoms with Crippen molar-refractivity contribution in [3.63, 3.8) is 0 Å². The number of aromatic carboxylic acids is 1. The first kappa shape index (κ1) is 16.5. The molecule has 0 saturated carbocycles. The minimum Gasteiger partial charge on any atom is -0.508 e. The molecule has 6 heteroatoms. The first-order chi connectivity index (χ1) is 12.9. The van der Waals surface area contributed by atoms with Crippen LogP contribution in [0.5, 0.6) is 5.75 Å². The molecular formula is C21H13NO5. The van der Waals surface area contributed by atoms with Crippen molar-refractivity contribution in [1.29, 1.82) is 0 Å². The Balaban J connectivity index is 2.12. The van der Waals surface area contributed by atoms with Crippen LogP contribution in [0.25, 0.3) is 5.57 Å². The molecule has 4 rings (SSSR count). The predicted octanol–water partition coefficient (Wildman–Crippen LogP) is 2.74. The van der Waals surface area contributed by atoms with Crippen LogP contribution in [0.3, 0.4) is 0 Å². The molecule has 0 fully saturated rings. The second-order valence-corrected chi connectivity index (χ2v) is 6.25. The van der Waals surface area contributed by atoms with Crippen LogP contribution in [0, 0.1) is 0 Å². The van der Waals surface area contributed by atoms with E-state index in [1.807, 2.05) is 0 Å². The SMILES string of the molecule is Nc1ccc(C2=C3C=CC(=O)C=C3C(=O)c3cc(O)ccc32)c(C(=O)O)c1. The number of nitrogens with two attached hydrogens (primary N) is 1. The fraction of sp³-hybridized carbons (Fsp3) is 0. The van der Waals surface area contributed by atoms with Crippen molar-refractivity contribution in [2.24, 2.45) is 0 Å². The molecule has 0 radical (unpaired) electrons. The molecule has 0 aliphatic heterocycles. The molecule has 0 atom stereocenters. The van der Waals surface area contributed by atoms with E-state index in [9.17, 15) is 24.6 Å². The third kappa shape index (κ3) is 2.55. The van der Waals surface area contributed by atoms with E-state index in [0.717, 1.165) is 0 Å². The molecule has 2 aromatic rings. The third-order valence-corrected chi connectivity index (χ3v) is 4.57. The van der Waals surface area contributed by atoms with Crippen molar-refractivity contribution in [3.8, 4) is 5.75 Å². The number of phenolic OH excluding ortho intramolecular Hbond substituents is 1. The molecule has 0 spiro atoms. The van der Waals surface area contributed by atoms with E-state index in [-0.39, 0.29) is 28.2 Å². The first-order valence-corrected chi connectivity index (χ1v) is 8.06. The molecule has 132 valence electrons. The molecule has 0 saturated heterocycles. The highest BCUT2D eigenvalue weighted by Crippen LogP contribution is 2.42. The molecule has 2 aliphatic carbocycles. The first-order valence-electron chi connectivity index (χ1n) is 8.06. The minimum absolute atomic E-state index is 0.0180. The summed E-state index contributed by atoms with van der Waals surface area (Å²) in [5.74, 6) is -1.99. The predicted molar refractivity (Wildman–Crippen MR) is 98.5 cm³/mol. The lowest BCUT2D eigenvalue weighted by atomic mass is 9.76. The molecule has 0 bridgehead atoms. The van der Waals surface area contributed by atoms with Crippen LogP contribution >= 0.6 is 0 Å². The van der Waals surface area contributed by atoms with Gasteiger partial charge in [0.15, 0.2) is 11.6 Å². The van der Waals surface area contributed by atoms with Gasteiger partial charge in [0.25, 0.3) is 0 Å². The fourth-order valence-corrected chi connectivity index (χ4v) is 3.40. The van der Waals surface area contributed by atoms with E-state index in [4.69, 9.17) is 5.73 Å². The average Bonchev–Trinajstić information content (AvgIpc) is 2.63. The Labute approximate surface area is 153 Å². The van der Waals surface area contributed by atoms with Crippen molar-refractivity contribution in [2.75, 3.05) is 5.73 Å². The number of phenols is 1. The number of anilines is 1. The van der Waals surface area contributed by atoms with Gasteiger partial charge in [0, 0.05) is 16.8 Å². The van der Waals surface area contributed by atoms with Crippen LogP contribution in [0.1, 0.15) is 31.8 Å². The van der Waals surface area contributed by atoms with Crippen LogP contribution in [0.15, 0.2) is 65.8 Å². The number of hydrogen-bond donors (Lipinski definition) is 3. The number of ketones is 2. The number of fused-ring (bicyclic) bond motifs is 2. The zero-order chi connectivity index (χ0) is 19.3. The summed E-state index contributed by atoms with van der Waals surface area (Å²) in [5.41, 5.74) is 8.21.